The maximum atomic E-state index is 12.8. The number of benzene rings is 1. The first-order valence-electron chi connectivity index (χ1n) is 10.5. The average Bonchev–Trinajstić information content (AvgIpc) is 3.19. The van der Waals surface area contributed by atoms with Crippen LogP contribution in [0.15, 0.2) is 30.3 Å². The summed E-state index contributed by atoms with van der Waals surface area (Å²) in [6.45, 7) is 5.71. The highest BCUT2D eigenvalue weighted by molar-refractivity contribution is 5.97. The molecule has 2 heterocycles. The van der Waals surface area contributed by atoms with Gasteiger partial charge < -0.3 is 10.2 Å². The summed E-state index contributed by atoms with van der Waals surface area (Å²) in [5.74, 6) is -0.282. The third kappa shape index (κ3) is 4.50. The number of nitrogens with one attached hydrogen (secondary N) is 2. The van der Waals surface area contributed by atoms with E-state index in [2.05, 4.69) is 44.7 Å². The van der Waals surface area contributed by atoms with Gasteiger partial charge in [-0.05, 0) is 38.2 Å². The van der Waals surface area contributed by atoms with E-state index in [0.29, 0.717) is 18.8 Å². The molecule has 2 aliphatic rings. The minimum atomic E-state index is -0.556. The van der Waals surface area contributed by atoms with Crippen molar-refractivity contribution in [3.8, 4) is 0 Å². The number of fused-ring (bicyclic) bond motifs is 1. The van der Waals surface area contributed by atoms with Crippen LogP contribution < -0.4 is 5.32 Å². The normalized spacial score (nSPS) is 18.2. The summed E-state index contributed by atoms with van der Waals surface area (Å²) < 4.78 is 0. The van der Waals surface area contributed by atoms with E-state index in [9.17, 15) is 9.59 Å². The van der Waals surface area contributed by atoms with Crippen LogP contribution in [0.25, 0.3) is 0 Å². The van der Waals surface area contributed by atoms with Gasteiger partial charge in [-0.1, -0.05) is 30.3 Å². The minimum absolute atomic E-state index is 0.0258. The van der Waals surface area contributed by atoms with Gasteiger partial charge in [-0.3, -0.25) is 19.6 Å². The molecule has 0 radical (unpaired) electrons. The molecule has 1 aliphatic carbocycles. The molecule has 1 atom stereocenters. The zero-order valence-corrected chi connectivity index (χ0v) is 17.0. The van der Waals surface area contributed by atoms with Crippen molar-refractivity contribution in [2.24, 2.45) is 0 Å². The number of carbonyl (C=O) groups is 2. The van der Waals surface area contributed by atoms with Crippen molar-refractivity contribution in [3.05, 3.63) is 52.8 Å². The number of carbonyl (C=O) groups excluding carboxylic acids is 2. The Kier molecular flexibility index (Phi) is 5.94. The zero-order valence-electron chi connectivity index (χ0n) is 17.0. The second kappa shape index (κ2) is 8.78. The standard InChI is InChI=1S/C22H29N5O2/c1-16(23-21(28)20-18-9-5-6-10-19(18)24-25-20)22(29)27-13-11-26(12-14-27)15-17-7-3-2-4-8-17/h2-4,7-8,16H,5-6,9-15H2,1H3,(H,23,28)(H,24,25). The summed E-state index contributed by atoms with van der Waals surface area (Å²) in [6.07, 6.45) is 4.02. The van der Waals surface area contributed by atoms with Crippen molar-refractivity contribution >= 4 is 11.8 Å². The van der Waals surface area contributed by atoms with Gasteiger partial charge in [-0.15, -0.1) is 0 Å². The lowest BCUT2D eigenvalue weighted by Crippen LogP contribution is -2.54. The Morgan fingerprint density at radius 3 is 2.59 bits per heavy atom. The number of H-pyrrole nitrogens is 1. The molecule has 29 heavy (non-hydrogen) atoms. The monoisotopic (exact) mass is 395 g/mol. The number of piperazine rings is 1. The topological polar surface area (TPSA) is 81.3 Å². The number of hydrogen-bond acceptors (Lipinski definition) is 4. The molecule has 0 saturated carbocycles. The second-order valence-electron chi connectivity index (χ2n) is 8.02. The van der Waals surface area contributed by atoms with Crippen molar-refractivity contribution in [1.82, 2.24) is 25.3 Å². The maximum absolute atomic E-state index is 12.8. The van der Waals surface area contributed by atoms with Crippen molar-refractivity contribution in [2.45, 2.75) is 45.2 Å². The summed E-state index contributed by atoms with van der Waals surface area (Å²) in [7, 11) is 0. The smallest absolute Gasteiger partial charge is 0.272 e. The van der Waals surface area contributed by atoms with Crippen molar-refractivity contribution < 1.29 is 9.59 Å². The summed E-state index contributed by atoms with van der Waals surface area (Å²) in [6, 6.07) is 9.82. The number of aryl methyl sites for hydroxylation is 1. The molecular weight excluding hydrogens is 366 g/mol. The van der Waals surface area contributed by atoms with Crippen LogP contribution in [0.3, 0.4) is 0 Å². The fraction of sp³-hybridized carbons (Fsp3) is 0.500. The highest BCUT2D eigenvalue weighted by atomic mass is 16.2. The van der Waals surface area contributed by atoms with E-state index in [4.69, 9.17) is 0 Å². The van der Waals surface area contributed by atoms with Crippen molar-refractivity contribution in [3.63, 3.8) is 0 Å². The molecule has 2 amide bonds. The number of hydrogen-bond donors (Lipinski definition) is 2. The van der Waals surface area contributed by atoms with E-state index in [0.717, 1.165) is 56.6 Å². The highest BCUT2D eigenvalue weighted by Crippen LogP contribution is 2.22. The number of aromatic amines is 1. The summed E-state index contributed by atoms with van der Waals surface area (Å²) in [5.41, 5.74) is 3.82. The van der Waals surface area contributed by atoms with Gasteiger partial charge >= 0.3 is 0 Å². The predicted molar refractivity (Wildman–Crippen MR) is 110 cm³/mol. The maximum Gasteiger partial charge on any atom is 0.272 e. The van der Waals surface area contributed by atoms with Gasteiger partial charge in [0.15, 0.2) is 5.69 Å². The first-order chi connectivity index (χ1) is 14.1. The fourth-order valence-corrected chi connectivity index (χ4v) is 4.24. The molecule has 0 bridgehead atoms. The van der Waals surface area contributed by atoms with Crippen LogP contribution in [0.1, 0.15) is 47.1 Å². The van der Waals surface area contributed by atoms with Crippen molar-refractivity contribution in [1.29, 1.82) is 0 Å². The first kappa shape index (κ1) is 19.6. The van der Waals surface area contributed by atoms with Gasteiger partial charge in [0.1, 0.15) is 6.04 Å². The molecule has 2 N–H and O–H groups in total. The largest absolute Gasteiger partial charge is 0.339 e. The molecule has 1 fully saturated rings. The Labute approximate surface area is 171 Å². The molecule has 154 valence electrons. The van der Waals surface area contributed by atoms with Gasteiger partial charge in [-0.25, -0.2) is 0 Å². The lowest BCUT2D eigenvalue weighted by atomic mass is 9.95. The Bertz CT molecular complexity index is 855. The lowest BCUT2D eigenvalue weighted by molar-refractivity contribution is -0.134. The number of amides is 2. The van der Waals surface area contributed by atoms with E-state index in [-0.39, 0.29) is 11.8 Å². The van der Waals surface area contributed by atoms with Crippen LogP contribution in [0, 0.1) is 0 Å². The Hall–Kier alpha value is -2.67. The van der Waals surface area contributed by atoms with Crippen LogP contribution in [0.2, 0.25) is 0 Å². The molecule has 1 aromatic heterocycles. The molecule has 4 rings (SSSR count). The molecule has 0 spiro atoms. The third-order valence-corrected chi connectivity index (χ3v) is 5.92. The van der Waals surface area contributed by atoms with E-state index < -0.39 is 6.04 Å². The quantitative estimate of drug-likeness (QED) is 0.808. The fourth-order valence-electron chi connectivity index (χ4n) is 4.24. The average molecular weight is 396 g/mol. The minimum Gasteiger partial charge on any atom is -0.339 e. The van der Waals surface area contributed by atoms with E-state index >= 15 is 0 Å². The number of nitrogens with zero attached hydrogens (tertiary/aromatic N) is 3. The molecule has 1 aliphatic heterocycles. The first-order valence-corrected chi connectivity index (χ1v) is 10.5. The van der Waals surface area contributed by atoms with Crippen LogP contribution in [0.4, 0.5) is 0 Å². The van der Waals surface area contributed by atoms with Crippen LogP contribution >= 0.6 is 0 Å². The molecule has 1 saturated heterocycles. The van der Waals surface area contributed by atoms with Crippen LogP contribution in [-0.2, 0) is 24.2 Å². The Morgan fingerprint density at radius 2 is 1.83 bits per heavy atom. The van der Waals surface area contributed by atoms with E-state index in [1.165, 1.54) is 5.56 Å². The SMILES string of the molecule is CC(NC(=O)c1n[nH]c2c1CCCC2)C(=O)N1CCN(Cc2ccccc2)CC1. The summed E-state index contributed by atoms with van der Waals surface area (Å²) in [4.78, 5) is 29.7. The zero-order chi connectivity index (χ0) is 20.2. The Balaban J connectivity index is 1.28. The van der Waals surface area contributed by atoms with Gasteiger partial charge in [0.05, 0.1) is 0 Å². The Morgan fingerprint density at radius 1 is 1.10 bits per heavy atom. The van der Waals surface area contributed by atoms with Gasteiger partial charge in [0.2, 0.25) is 5.91 Å². The number of aromatic nitrogens is 2. The molecule has 7 nitrogen and oxygen atoms in total. The van der Waals surface area contributed by atoms with Crippen molar-refractivity contribution in [2.75, 3.05) is 26.2 Å². The van der Waals surface area contributed by atoms with Gasteiger partial charge in [0, 0.05) is 44.0 Å². The second-order valence-corrected chi connectivity index (χ2v) is 8.02. The molecule has 2 aromatic rings. The molecular formula is C22H29N5O2. The van der Waals surface area contributed by atoms with Gasteiger partial charge in [0.25, 0.3) is 5.91 Å². The van der Waals surface area contributed by atoms with Crippen LogP contribution in [-0.4, -0.2) is 64.0 Å². The molecule has 1 aromatic carbocycles. The third-order valence-electron chi connectivity index (χ3n) is 5.92. The molecule has 1 unspecified atom stereocenters. The highest BCUT2D eigenvalue weighted by Gasteiger charge is 2.28. The number of rotatable bonds is 5. The predicted octanol–water partition coefficient (Wildman–Crippen LogP) is 1.75. The summed E-state index contributed by atoms with van der Waals surface area (Å²) in [5, 5.41) is 10.0. The molecule has 7 heteroatoms. The van der Waals surface area contributed by atoms with Gasteiger partial charge in [-0.2, -0.15) is 5.10 Å². The summed E-state index contributed by atoms with van der Waals surface area (Å²) >= 11 is 0. The van der Waals surface area contributed by atoms with E-state index in [1.807, 2.05) is 11.0 Å². The van der Waals surface area contributed by atoms with E-state index in [1.54, 1.807) is 6.92 Å². The van der Waals surface area contributed by atoms with Crippen LogP contribution in [0.5, 0.6) is 0 Å². The lowest BCUT2D eigenvalue weighted by Gasteiger charge is -2.36.